The third kappa shape index (κ3) is 2.67. The Labute approximate surface area is 135 Å². The second-order valence-corrected chi connectivity index (χ2v) is 10.1. The van der Waals surface area contributed by atoms with Crippen LogP contribution in [-0.2, 0) is 19.4 Å². The molecule has 0 spiro atoms. The van der Waals surface area contributed by atoms with E-state index in [1.54, 1.807) is 6.07 Å². The lowest BCUT2D eigenvalue weighted by Crippen LogP contribution is -2.57. The molecule has 6 nitrogen and oxygen atoms in total. The molecule has 4 rings (SSSR count). The van der Waals surface area contributed by atoms with Crippen LogP contribution in [0.5, 0.6) is 0 Å². The molecule has 7 heteroatoms. The van der Waals surface area contributed by atoms with E-state index >= 15 is 0 Å². The van der Waals surface area contributed by atoms with Gasteiger partial charge < -0.3 is 5.11 Å². The Bertz CT molecular complexity index is 690. The Kier molecular flexibility index (Phi) is 3.60. The van der Waals surface area contributed by atoms with Gasteiger partial charge in [0.2, 0.25) is 5.25 Å². The van der Waals surface area contributed by atoms with Crippen molar-refractivity contribution in [3.8, 4) is 6.07 Å². The Balaban J connectivity index is 1.97. The average Bonchev–Trinajstić information content (AvgIpc) is 2.34. The van der Waals surface area contributed by atoms with Crippen molar-refractivity contribution >= 4 is 21.6 Å². The molecule has 4 fully saturated rings. The summed E-state index contributed by atoms with van der Waals surface area (Å²) in [7, 11) is -3.78. The van der Waals surface area contributed by atoms with E-state index in [0.717, 1.165) is 25.5 Å². The molecule has 4 aliphatic carbocycles. The number of rotatable bonds is 5. The minimum atomic E-state index is -3.78. The molecule has 0 aliphatic heterocycles. The number of nitrogens with zero attached hydrogens (tertiary/aromatic N) is 1. The first kappa shape index (κ1) is 16.4. The van der Waals surface area contributed by atoms with Crippen LogP contribution in [0.15, 0.2) is 0 Å². The SMILES string of the molecule is CS(=O)(=O)C(C#N)C(=O)C12CC3CC(CC(CC(=O)O)(C3)C1)C2. The van der Waals surface area contributed by atoms with Gasteiger partial charge in [0, 0.05) is 11.7 Å². The second kappa shape index (κ2) is 5.04. The number of carboxylic acid groups (broad SMARTS) is 1. The third-order valence-electron chi connectivity index (χ3n) is 6.01. The summed E-state index contributed by atoms with van der Waals surface area (Å²) in [5, 5.41) is 16.8. The maximum absolute atomic E-state index is 13.0. The van der Waals surface area contributed by atoms with Crippen molar-refractivity contribution in [1.82, 2.24) is 0 Å². The molecule has 3 unspecified atom stereocenters. The van der Waals surface area contributed by atoms with Crippen LogP contribution < -0.4 is 0 Å². The second-order valence-electron chi connectivity index (χ2n) is 8.01. The monoisotopic (exact) mass is 339 g/mol. The molecule has 0 aromatic heterocycles. The molecule has 3 atom stereocenters. The van der Waals surface area contributed by atoms with Crippen LogP contribution in [0.3, 0.4) is 0 Å². The number of hydrogen-bond donors (Lipinski definition) is 1. The Morgan fingerprint density at radius 2 is 1.83 bits per heavy atom. The molecule has 0 heterocycles. The van der Waals surface area contributed by atoms with E-state index in [9.17, 15) is 28.4 Å². The number of carboxylic acids is 1. The van der Waals surface area contributed by atoms with Crippen LogP contribution in [0.4, 0.5) is 0 Å². The van der Waals surface area contributed by atoms with E-state index in [-0.39, 0.29) is 18.3 Å². The van der Waals surface area contributed by atoms with E-state index in [0.29, 0.717) is 19.3 Å². The molecule has 0 aromatic rings. The smallest absolute Gasteiger partial charge is 0.303 e. The highest BCUT2D eigenvalue weighted by Crippen LogP contribution is 2.66. The van der Waals surface area contributed by atoms with E-state index in [2.05, 4.69) is 0 Å². The molecule has 0 amide bonds. The molecule has 126 valence electrons. The molecule has 1 N–H and O–H groups in total. The van der Waals surface area contributed by atoms with Gasteiger partial charge in [0.25, 0.3) is 0 Å². The Hall–Kier alpha value is -1.42. The predicted octanol–water partition coefficient (Wildman–Crippen LogP) is 1.55. The first-order chi connectivity index (χ1) is 10.6. The molecule has 4 aliphatic rings. The standard InChI is InChI=1S/C16H21NO5S/c1-23(21,22)12(8-17)14(20)16-5-10-2-11(6-16)4-15(3-10,9-16)7-13(18)19/h10-12H,2-7,9H2,1H3,(H,18,19). The Morgan fingerprint density at radius 1 is 1.26 bits per heavy atom. The summed E-state index contributed by atoms with van der Waals surface area (Å²) < 4.78 is 23.6. The maximum Gasteiger partial charge on any atom is 0.303 e. The topological polar surface area (TPSA) is 112 Å². The molecular formula is C16H21NO5S. The van der Waals surface area contributed by atoms with Gasteiger partial charge in [-0.1, -0.05) is 0 Å². The lowest BCUT2D eigenvalue weighted by atomic mass is 9.42. The number of sulfone groups is 1. The fourth-order valence-electron chi connectivity index (χ4n) is 5.89. The van der Waals surface area contributed by atoms with Crippen molar-refractivity contribution in [1.29, 1.82) is 5.26 Å². The van der Waals surface area contributed by atoms with Gasteiger partial charge in [-0.15, -0.1) is 0 Å². The summed E-state index contributed by atoms with van der Waals surface area (Å²) in [6.45, 7) is 0. The summed E-state index contributed by atoms with van der Waals surface area (Å²) in [5.41, 5.74) is -1.22. The molecule has 4 bridgehead atoms. The highest BCUT2D eigenvalue weighted by molar-refractivity contribution is 7.92. The van der Waals surface area contributed by atoms with E-state index < -0.39 is 37.7 Å². The van der Waals surface area contributed by atoms with Crippen molar-refractivity contribution in [2.45, 2.75) is 50.2 Å². The van der Waals surface area contributed by atoms with E-state index in [1.165, 1.54) is 0 Å². The minimum absolute atomic E-state index is 0.0329. The van der Waals surface area contributed by atoms with Gasteiger partial charge in [0.1, 0.15) is 0 Å². The van der Waals surface area contributed by atoms with Gasteiger partial charge in [-0.2, -0.15) is 5.26 Å². The highest BCUT2D eigenvalue weighted by Gasteiger charge is 2.62. The van der Waals surface area contributed by atoms with E-state index in [4.69, 9.17) is 0 Å². The predicted molar refractivity (Wildman–Crippen MR) is 81.1 cm³/mol. The largest absolute Gasteiger partial charge is 0.481 e. The van der Waals surface area contributed by atoms with Crippen LogP contribution in [0.25, 0.3) is 0 Å². The number of hydrogen-bond acceptors (Lipinski definition) is 5. The zero-order valence-electron chi connectivity index (χ0n) is 13.1. The first-order valence-corrected chi connectivity index (χ1v) is 9.89. The third-order valence-corrected chi connectivity index (χ3v) is 7.19. The van der Waals surface area contributed by atoms with Crippen molar-refractivity contribution in [3.05, 3.63) is 0 Å². The van der Waals surface area contributed by atoms with Crippen molar-refractivity contribution in [2.75, 3.05) is 6.26 Å². The van der Waals surface area contributed by atoms with Crippen molar-refractivity contribution in [2.24, 2.45) is 22.7 Å². The van der Waals surface area contributed by atoms with Crippen LogP contribution in [0.2, 0.25) is 0 Å². The summed E-state index contributed by atoms with van der Waals surface area (Å²) in [6, 6.07) is 1.67. The number of carbonyl (C=O) groups excluding carboxylic acids is 1. The van der Waals surface area contributed by atoms with Gasteiger partial charge in [0.05, 0.1) is 12.5 Å². The van der Waals surface area contributed by atoms with Crippen LogP contribution >= 0.6 is 0 Å². The minimum Gasteiger partial charge on any atom is -0.481 e. The number of carbonyl (C=O) groups is 2. The fraction of sp³-hybridized carbons (Fsp3) is 0.812. The summed E-state index contributed by atoms with van der Waals surface area (Å²) >= 11 is 0. The van der Waals surface area contributed by atoms with Gasteiger partial charge in [-0.3, -0.25) is 9.59 Å². The normalized spacial score (nSPS) is 39.7. The van der Waals surface area contributed by atoms with Gasteiger partial charge in [0.15, 0.2) is 15.6 Å². The number of aliphatic carboxylic acids is 1. The van der Waals surface area contributed by atoms with Crippen LogP contribution in [-0.4, -0.2) is 36.8 Å². The van der Waals surface area contributed by atoms with Crippen LogP contribution in [0.1, 0.15) is 44.9 Å². The molecule has 4 saturated carbocycles. The zero-order valence-corrected chi connectivity index (χ0v) is 13.9. The van der Waals surface area contributed by atoms with Crippen molar-refractivity contribution < 1.29 is 23.1 Å². The van der Waals surface area contributed by atoms with Crippen LogP contribution in [0, 0.1) is 34.0 Å². The van der Waals surface area contributed by atoms with Gasteiger partial charge >= 0.3 is 5.97 Å². The fourth-order valence-corrected chi connectivity index (χ4v) is 6.73. The summed E-state index contributed by atoms with van der Waals surface area (Å²) in [6.07, 6.45) is 5.20. The Morgan fingerprint density at radius 3 is 2.26 bits per heavy atom. The lowest BCUT2D eigenvalue weighted by molar-refractivity contribution is -0.163. The average molecular weight is 339 g/mol. The first-order valence-electron chi connectivity index (χ1n) is 7.94. The lowest BCUT2D eigenvalue weighted by Gasteiger charge is -2.61. The summed E-state index contributed by atoms with van der Waals surface area (Å²) in [5.74, 6) is -0.808. The molecule has 0 radical (unpaired) electrons. The molecule has 23 heavy (non-hydrogen) atoms. The quantitative estimate of drug-likeness (QED) is 0.813. The van der Waals surface area contributed by atoms with Gasteiger partial charge in [-0.05, 0) is 55.8 Å². The number of Topliss-reactive ketones (excluding diaryl/α,β-unsaturated/α-hetero) is 1. The summed E-state index contributed by atoms with van der Waals surface area (Å²) in [4.78, 5) is 24.2. The number of ketones is 1. The number of nitriles is 1. The molecule has 0 aromatic carbocycles. The zero-order chi connectivity index (χ0) is 17.0. The molecular weight excluding hydrogens is 318 g/mol. The molecule has 0 saturated heterocycles. The van der Waals surface area contributed by atoms with E-state index in [1.807, 2.05) is 0 Å². The van der Waals surface area contributed by atoms with Gasteiger partial charge in [-0.25, -0.2) is 8.42 Å². The highest BCUT2D eigenvalue weighted by atomic mass is 32.2. The van der Waals surface area contributed by atoms with Crippen molar-refractivity contribution in [3.63, 3.8) is 0 Å². The maximum atomic E-state index is 13.0.